The molecule has 2 aliphatic heterocycles. The largest absolute Gasteiger partial charge is 0.377 e. The second kappa shape index (κ2) is 7.40. The van der Waals surface area contributed by atoms with E-state index in [4.69, 9.17) is 15.2 Å². The minimum Gasteiger partial charge on any atom is -0.377 e. The lowest BCUT2D eigenvalue weighted by Gasteiger charge is -2.53. The molecule has 0 aromatic rings. The molecule has 0 bridgehead atoms. The van der Waals surface area contributed by atoms with Crippen LogP contribution in [0.25, 0.3) is 0 Å². The van der Waals surface area contributed by atoms with Crippen molar-refractivity contribution in [2.45, 2.75) is 76.5 Å². The predicted molar refractivity (Wildman–Crippen MR) is 86.5 cm³/mol. The summed E-state index contributed by atoms with van der Waals surface area (Å²) in [5, 5.41) is 0. The van der Waals surface area contributed by atoms with Gasteiger partial charge in [-0.1, -0.05) is 13.8 Å². The Morgan fingerprint density at radius 3 is 2.86 bits per heavy atom. The van der Waals surface area contributed by atoms with Crippen molar-refractivity contribution in [2.24, 2.45) is 5.73 Å². The van der Waals surface area contributed by atoms with Gasteiger partial charge in [0.15, 0.2) is 0 Å². The van der Waals surface area contributed by atoms with Crippen LogP contribution in [0.3, 0.4) is 0 Å². The number of likely N-dealkylation sites (tertiary alicyclic amines) is 1. The van der Waals surface area contributed by atoms with Crippen LogP contribution >= 0.6 is 0 Å². The summed E-state index contributed by atoms with van der Waals surface area (Å²) in [5.41, 5.74) is 6.34. The molecule has 2 saturated heterocycles. The molecule has 3 unspecified atom stereocenters. The fourth-order valence-corrected chi connectivity index (χ4v) is 3.91. The van der Waals surface area contributed by atoms with Gasteiger partial charge in [0.2, 0.25) is 0 Å². The van der Waals surface area contributed by atoms with Crippen LogP contribution in [0.15, 0.2) is 0 Å². The van der Waals surface area contributed by atoms with Crippen LogP contribution < -0.4 is 5.73 Å². The number of piperidine rings is 1. The summed E-state index contributed by atoms with van der Waals surface area (Å²) in [6.45, 7) is 11.3. The van der Waals surface area contributed by atoms with E-state index in [1.807, 2.05) is 0 Å². The van der Waals surface area contributed by atoms with Gasteiger partial charge in [-0.25, -0.2) is 0 Å². The molecule has 0 aliphatic carbocycles. The van der Waals surface area contributed by atoms with Gasteiger partial charge >= 0.3 is 0 Å². The predicted octanol–water partition coefficient (Wildman–Crippen LogP) is 2.55. The lowest BCUT2D eigenvalue weighted by molar-refractivity contribution is -0.141. The SMILES string of the molecule is CCCOC1CCCN(C2(CN)CCOC(C)(CC)C2)C1. The van der Waals surface area contributed by atoms with Crippen LogP contribution in [0, 0.1) is 0 Å². The lowest BCUT2D eigenvalue weighted by Crippen LogP contribution is -2.63. The molecule has 2 heterocycles. The van der Waals surface area contributed by atoms with Crippen LogP contribution in [0.5, 0.6) is 0 Å². The van der Waals surface area contributed by atoms with Crippen LogP contribution in [0.2, 0.25) is 0 Å². The van der Waals surface area contributed by atoms with Crippen molar-refractivity contribution in [1.82, 2.24) is 4.90 Å². The Labute approximate surface area is 130 Å². The van der Waals surface area contributed by atoms with E-state index in [-0.39, 0.29) is 11.1 Å². The summed E-state index contributed by atoms with van der Waals surface area (Å²) in [6, 6.07) is 0. The van der Waals surface area contributed by atoms with Crippen molar-refractivity contribution in [3.8, 4) is 0 Å². The second-order valence-corrected chi connectivity index (χ2v) is 7.09. The topological polar surface area (TPSA) is 47.7 Å². The van der Waals surface area contributed by atoms with Crippen LogP contribution in [-0.2, 0) is 9.47 Å². The highest BCUT2D eigenvalue weighted by Gasteiger charge is 2.46. The van der Waals surface area contributed by atoms with E-state index in [0.717, 1.165) is 58.5 Å². The monoisotopic (exact) mass is 298 g/mol. The number of hydrogen-bond acceptors (Lipinski definition) is 4. The standard InChI is InChI=1S/C17H34N2O2/c1-4-10-20-15-7-6-9-19(12-15)17(14-18)8-11-21-16(3,5-2)13-17/h15H,4-14,18H2,1-3H3. The van der Waals surface area contributed by atoms with Crippen molar-refractivity contribution in [2.75, 3.05) is 32.8 Å². The second-order valence-electron chi connectivity index (χ2n) is 7.09. The van der Waals surface area contributed by atoms with Gasteiger partial charge in [-0.3, -0.25) is 4.90 Å². The van der Waals surface area contributed by atoms with E-state index in [1.165, 1.54) is 12.8 Å². The maximum Gasteiger partial charge on any atom is 0.0702 e. The van der Waals surface area contributed by atoms with Crippen LogP contribution in [-0.4, -0.2) is 55.0 Å². The average molecular weight is 298 g/mol. The molecule has 0 aromatic carbocycles. The van der Waals surface area contributed by atoms with Gasteiger partial charge in [0.25, 0.3) is 0 Å². The van der Waals surface area contributed by atoms with Gasteiger partial charge in [-0.05, 0) is 52.0 Å². The fourth-order valence-electron chi connectivity index (χ4n) is 3.91. The minimum atomic E-state index is -0.0190. The zero-order valence-corrected chi connectivity index (χ0v) is 14.2. The lowest BCUT2D eigenvalue weighted by atomic mass is 9.77. The Morgan fingerprint density at radius 2 is 2.19 bits per heavy atom. The van der Waals surface area contributed by atoms with E-state index in [2.05, 4.69) is 25.7 Å². The molecular formula is C17H34N2O2. The van der Waals surface area contributed by atoms with E-state index in [0.29, 0.717) is 6.10 Å². The minimum absolute atomic E-state index is 0.0190. The molecule has 0 amide bonds. The summed E-state index contributed by atoms with van der Waals surface area (Å²) >= 11 is 0. The Morgan fingerprint density at radius 1 is 1.38 bits per heavy atom. The van der Waals surface area contributed by atoms with Gasteiger partial charge in [0, 0.05) is 31.8 Å². The Kier molecular flexibility index (Phi) is 6.06. The quantitative estimate of drug-likeness (QED) is 0.818. The first kappa shape index (κ1) is 17.2. The summed E-state index contributed by atoms with van der Waals surface area (Å²) in [6.07, 6.45) is 7.06. The maximum atomic E-state index is 6.25. The Bertz CT molecular complexity index is 326. The molecule has 0 aromatic heterocycles. The number of hydrogen-bond donors (Lipinski definition) is 1. The average Bonchev–Trinajstić information content (AvgIpc) is 2.53. The van der Waals surface area contributed by atoms with Crippen molar-refractivity contribution in [3.05, 3.63) is 0 Å². The molecule has 0 spiro atoms. The molecule has 3 atom stereocenters. The molecule has 4 nitrogen and oxygen atoms in total. The van der Waals surface area contributed by atoms with E-state index in [9.17, 15) is 0 Å². The first-order valence-corrected chi connectivity index (χ1v) is 8.78. The van der Waals surface area contributed by atoms with Crippen molar-refractivity contribution in [3.63, 3.8) is 0 Å². The van der Waals surface area contributed by atoms with Crippen molar-refractivity contribution >= 4 is 0 Å². The molecule has 2 fully saturated rings. The summed E-state index contributed by atoms with van der Waals surface area (Å²) in [5.74, 6) is 0. The third kappa shape index (κ3) is 3.98. The molecule has 2 aliphatic rings. The Hall–Kier alpha value is -0.160. The van der Waals surface area contributed by atoms with Crippen molar-refractivity contribution < 1.29 is 9.47 Å². The fraction of sp³-hybridized carbons (Fsp3) is 1.00. The number of nitrogens with zero attached hydrogens (tertiary/aromatic N) is 1. The third-order valence-electron chi connectivity index (χ3n) is 5.46. The highest BCUT2D eigenvalue weighted by atomic mass is 16.5. The van der Waals surface area contributed by atoms with Gasteiger partial charge in [0.05, 0.1) is 11.7 Å². The molecule has 21 heavy (non-hydrogen) atoms. The van der Waals surface area contributed by atoms with Crippen LogP contribution in [0.4, 0.5) is 0 Å². The van der Waals surface area contributed by atoms with Crippen molar-refractivity contribution in [1.29, 1.82) is 0 Å². The zero-order chi connectivity index (χ0) is 15.3. The van der Waals surface area contributed by atoms with E-state index < -0.39 is 0 Å². The zero-order valence-electron chi connectivity index (χ0n) is 14.2. The first-order valence-electron chi connectivity index (χ1n) is 8.78. The molecule has 2 N–H and O–H groups in total. The normalized spacial score (nSPS) is 38.6. The highest BCUT2D eigenvalue weighted by Crippen LogP contribution is 2.39. The van der Waals surface area contributed by atoms with Gasteiger partial charge in [-0.2, -0.15) is 0 Å². The van der Waals surface area contributed by atoms with Gasteiger partial charge in [-0.15, -0.1) is 0 Å². The smallest absolute Gasteiger partial charge is 0.0702 e. The molecule has 2 rings (SSSR count). The van der Waals surface area contributed by atoms with E-state index in [1.54, 1.807) is 0 Å². The molecule has 124 valence electrons. The molecular weight excluding hydrogens is 264 g/mol. The highest BCUT2D eigenvalue weighted by molar-refractivity contribution is 5.01. The van der Waals surface area contributed by atoms with Gasteiger partial charge < -0.3 is 15.2 Å². The summed E-state index contributed by atoms with van der Waals surface area (Å²) < 4.78 is 12.0. The number of ether oxygens (including phenoxy) is 2. The third-order valence-corrected chi connectivity index (χ3v) is 5.46. The maximum absolute atomic E-state index is 6.25. The molecule has 0 saturated carbocycles. The van der Waals surface area contributed by atoms with Gasteiger partial charge in [0.1, 0.15) is 0 Å². The van der Waals surface area contributed by atoms with Crippen LogP contribution in [0.1, 0.15) is 59.3 Å². The number of rotatable bonds is 6. The first-order chi connectivity index (χ1) is 10.1. The summed E-state index contributed by atoms with van der Waals surface area (Å²) in [4.78, 5) is 2.62. The summed E-state index contributed by atoms with van der Waals surface area (Å²) in [7, 11) is 0. The molecule has 4 heteroatoms. The number of nitrogens with two attached hydrogens (primary N) is 1. The Balaban J connectivity index is 2.05. The molecule has 0 radical (unpaired) electrons. The van der Waals surface area contributed by atoms with E-state index >= 15 is 0 Å².